The minimum Gasteiger partial charge on any atom is -0.497 e. The fourth-order valence-electron chi connectivity index (χ4n) is 3.72. The number of methoxy groups -OCH3 is 2. The van der Waals surface area contributed by atoms with Crippen LogP contribution < -0.4 is 18.9 Å². The molecule has 0 saturated heterocycles. The first kappa shape index (κ1) is 22.0. The fraction of sp³-hybridized carbons (Fsp3) is 0.375. The zero-order chi connectivity index (χ0) is 22.0. The molecule has 0 N–H and O–H groups in total. The average molecular weight is 458 g/mol. The van der Waals surface area contributed by atoms with Crippen molar-refractivity contribution in [1.29, 1.82) is 0 Å². The molecule has 1 atom stereocenters. The summed E-state index contributed by atoms with van der Waals surface area (Å²) in [5, 5.41) is 2.44. The van der Waals surface area contributed by atoms with Gasteiger partial charge in [-0.25, -0.2) is 0 Å². The summed E-state index contributed by atoms with van der Waals surface area (Å²) in [5.41, 5.74) is 2.50. The Labute approximate surface area is 192 Å². The van der Waals surface area contributed by atoms with Crippen LogP contribution in [0, 0.1) is 0 Å². The van der Waals surface area contributed by atoms with Crippen LogP contribution in [-0.2, 0) is 11.3 Å². The van der Waals surface area contributed by atoms with E-state index in [9.17, 15) is 0 Å². The van der Waals surface area contributed by atoms with Crippen LogP contribution in [0.4, 0.5) is 5.69 Å². The van der Waals surface area contributed by atoms with Gasteiger partial charge >= 0.3 is 5.88 Å². The molecule has 1 aromatic carbocycles. The molecule has 2 aromatic rings. The number of allylic oxidation sites excluding steroid dienone is 2. The van der Waals surface area contributed by atoms with Crippen molar-refractivity contribution in [3.63, 3.8) is 0 Å². The highest BCUT2D eigenvalue weighted by Gasteiger charge is 2.30. The molecule has 0 spiro atoms. The number of thiazole rings is 1. The topological polar surface area (TPSA) is 34.8 Å². The summed E-state index contributed by atoms with van der Waals surface area (Å²) >= 11 is 3.57. The van der Waals surface area contributed by atoms with E-state index in [1.807, 2.05) is 23.9 Å². The second kappa shape index (κ2) is 9.51. The van der Waals surface area contributed by atoms with Crippen molar-refractivity contribution in [3.8, 4) is 11.6 Å². The maximum Gasteiger partial charge on any atom is 0.389 e. The average Bonchev–Trinajstić information content (AvgIpc) is 3.33. The van der Waals surface area contributed by atoms with E-state index >= 15 is 0 Å². The Balaban J connectivity index is 1.68. The van der Waals surface area contributed by atoms with Crippen molar-refractivity contribution in [1.82, 2.24) is 0 Å². The van der Waals surface area contributed by atoms with E-state index in [0.29, 0.717) is 0 Å². The van der Waals surface area contributed by atoms with Crippen LogP contribution in [0.15, 0.2) is 45.8 Å². The Kier molecular flexibility index (Phi) is 6.74. The second-order valence-corrected chi connectivity index (χ2v) is 9.29. The smallest absolute Gasteiger partial charge is 0.389 e. The Bertz CT molecular complexity index is 1060. The minimum atomic E-state index is -0.326. The zero-order valence-corrected chi connectivity index (χ0v) is 20.3. The highest BCUT2D eigenvalue weighted by Crippen LogP contribution is 2.47. The molecule has 0 amide bonds. The Morgan fingerprint density at radius 1 is 1.26 bits per heavy atom. The van der Waals surface area contributed by atoms with Crippen molar-refractivity contribution in [3.05, 3.63) is 50.8 Å². The van der Waals surface area contributed by atoms with Gasteiger partial charge in [-0.15, -0.1) is 0 Å². The molecule has 1 aromatic heterocycles. The van der Waals surface area contributed by atoms with Crippen LogP contribution in [0.5, 0.6) is 11.6 Å². The van der Waals surface area contributed by atoms with Gasteiger partial charge in [0, 0.05) is 30.7 Å². The van der Waals surface area contributed by atoms with Gasteiger partial charge in [0.25, 0.3) is 5.01 Å². The number of rotatable bonds is 7. The molecule has 0 saturated carbocycles. The quantitative estimate of drug-likeness (QED) is 0.498. The zero-order valence-electron chi connectivity index (χ0n) is 18.7. The lowest BCUT2D eigenvalue weighted by molar-refractivity contribution is -0.696. The Morgan fingerprint density at radius 3 is 2.77 bits per heavy atom. The SMILES string of the molecule is CCC(=Cc1sc2c([n+]1CC)OC(OC)C=C2)C=C1Sc2ccc(OC)cc2N1CC. The van der Waals surface area contributed by atoms with Gasteiger partial charge in [-0.05, 0) is 56.2 Å². The van der Waals surface area contributed by atoms with Crippen LogP contribution in [0.3, 0.4) is 0 Å². The largest absolute Gasteiger partial charge is 0.497 e. The van der Waals surface area contributed by atoms with E-state index in [1.54, 1.807) is 25.6 Å². The number of hydrogen-bond acceptors (Lipinski definition) is 6. The number of anilines is 1. The number of aromatic nitrogens is 1. The first-order valence-electron chi connectivity index (χ1n) is 10.6. The van der Waals surface area contributed by atoms with Crippen LogP contribution in [0.25, 0.3) is 12.2 Å². The first-order valence-corrected chi connectivity index (χ1v) is 12.2. The summed E-state index contributed by atoms with van der Waals surface area (Å²) in [7, 11) is 3.38. The lowest BCUT2D eigenvalue weighted by Crippen LogP contribution is -2.37. The summed E-state index contributed by atoms with van der Waals surface area (Å²) in [4.78, 5) is 4.76. The molecule has 1 unspecified atom stereocenters. The highest BCUT2D eigenvalue weighted by atomic mass is 32.2. The molecular weight excluding hydrogens is 428 g/mol. The summed E-state index contributed by atoms with van der Waals surface area (Å²) in [6.45, 7) is 8.29. The van der Waals surface area contributed by atoms with Gasteiger partial charge < -0.3 is 19.1 Å². The van der Waals surface area contributed by atoms with Gasteiger partial charge in [0.15, 0.2) is 6.54 Å². The van der Waals surface area contributed by atoms with E-state index in [4.69, 9.17) is 14.2 Å². The predicted octanol–water partition coefficient (Wildman–Crippen LogP) is 5.71. The number of nitrogens with zero attached hydrogens (tertiary/aromatic N) is 2. The molecule has 4 rings (SSSR count). The summed E-state index contributed by atoms with van der Waals surface area (Å²) in [5.74, 6) is 1.78. The standard InChI is InChI=1S/C24H29N2O3S2/c1-6-16(13-21-25(7-2)18-15-17(27-4)9-10-19(18)30-21)14-22-26(8-3)24-20(31-22)11-12-23(28-5)29-24/h9-15,23H,6-8H2,1-5H3/q+1. The molecule has 2 aliphatic heterocycles. The molecule has 164 valence electrons. The molecule has 0 radical (unpaired) electrons. The van der Waals surface area contributed by atoms with Crippen molar-refractivity contribution in [2.24, 2.45) is 0 Å². The van der Waals surface area contributed by atoms with Crippen molar-refractivity contribution in [2.45, 2.75) is 44.9 Å². The molecular formula is C24H29N2O3S2+. The van der Waals surface area contributed by atoms with Crippen LogP contribution in [0.2, 0.25) is 0 Å². The monoisotopic (exact) mass is 457 g/mol. The van der Waals surface area contributed by atoms with Gasteiger partial charge in [0.1, 0.15) is 10.6 Å². The molecule has 2 aliphatic rings. The summed E-state index contributed by atoms with van der Waals surface area (Å²) in [6.07, 6.45) is 9.28. The predicted molar refractivity (Wildman–Crippen MR) is 129 cm³/mol. The van der Waals surface area contributed by atoms with Crippen molar-refractivity contribution < 1.29 is 18.8 Å². The van der Waals surface area contributed by atoms with Crippen molar-refractivity contribution in [2.75, 3.05) is 25.7 Å². The third kappa shape index (κ3) is 4.27. The lowest BCUT2D eigenvalue weighted by atomic mass is 10.2. The van der Waals surface area contributed by atoms with E-state index in [-0.39, 0.29) is 6.29 Å². The van der Waals surface area contributed by atoms with E-state index in [1.165, 1.54) is 26.2 Å². The first-order chi connectivity index (χ1) is 15.1. The second-order valence-electron chi connectivity index (χ2n) is 7.17. The maximum atomic E-state index is 6.03. The number of thioether (sulfide) groups is 1. The molecule has 0 aliphatic carbocycles. The van der Waals surface area contributed by atoms with Crippen LogP contribution >= 0.6 is 23.1 Å². The molecule has 0 fully saturated rings. The molecule has 7 heteroatoms. The Morgan fingerprint density at radius 2 is 2.10 bits per heavy atom. The van der Waals surface area contributed by atoms with E-state index in [0.717, 1.165) is 36.0 Å². The third-order valence-corrected chi connectivity index (χ3v) is 7.59. The van der Waals surface area contributed by atoms with Gasteiger partial charge in [-0.3, -0.25) is 0 Å². The Hall–Kier alpha value is -2.22. The molecule has 0 bridgehead atoms. The number of ether oxygens (including phenoxy) is 3. The lowest BCUT2D eigenvalue weighted by Gasteiger charge is -2.18. The molecule has 31 heavy (non-hydrogen) atoms. The van der Waals surface area contributed by atoms with E-state index < -0.39 is 0 Å². The van der Waals surface area contributed by atoms with Crippen LogP contribution in [-0.4, -0.2) is 27.1 Å². The van der Waals surface area contributed by atoms with Crippen molar-refractivity contribution >= 4 is 40.9 Å². The van der Waals surface area contributed by atoms with Crippen LogP contribution in [0.1, 0.15) is 37.1 Å². The minimum absolute atomic E-state index is 0.326. The summed E-state index contributed by atoms with van der Waals surface area (Å²) in [6, 6.07) is 6.29. The summed E-state index contributed by atoms with van der Waals surface area (Å²) < 4.78 is 19.0. The molecule has 3 heterocycles. The highest BCUT2D eigenvalue weighted by molar-refractivity contribution is 8.03. The van der Waals surface area contributed by atoms with Gasteiger partial charge in [-0.1, -0.05) is 30.0 Å². The molecule has 5 nitrogen and oxygen atoms in total. The van der Waals surface area contributed by atoms with Gasteiger partial charge in [0.2, 0.25) is 6.29 Å². The van der Waals surface area contributed by atoms with Gasteiger partial charge in [-0.2, -0.15) is 4.57 Å². The van der Waals surface area contributed by atoms with E-state index in [2.05, 4.69) is 60.6 Å². The fourth-order valence-corrected chi connectivity index (χ4v) is 6.06. The maximum absolute atomic E-state index is 6.03. The normalized spacial score (nSPS) is 18.9. The number of hydrogen-bond donors (Lipinski definition) is 0. The van der Waals surface area contributed by atoms with Gasteiger partial charge in [0.05, 0.1) is 17.8 Å². The number of benzene rings is 1. The third-order valence-electron chi connectivity index (χ3n) is 5.40. The number of fused-ring (bicyclic) bond motifs is 2.